The van der Waals surface area contributed by atoms with Crippen LogP contribution in [-0.4, -0.2) is 44.2 Å². The quantitative estimate of drug-likeness (QED) is 0.768. The van der Waals surface area contributed by atoms with Crippen molar-refractivity contribution in [2.24, 2.45) is 0 Å². The number of hydrogen-bond donors (Lipinski definition) is 1. The molecule has 1 aliphatic heterocycles. The van der Waals surface area contributed by atoms with Crippen LogP contribution in [0.2, 0.25) is 5.02 Å². The second kappa shape index (κ2) is 9.51. The Labute approximate surface area is 165 Å². The van der Waals surface area contributed by atoms with Gasteiger partial charge in [0.15, 0.2) is 0 Å². The second-order valence-electron chi connectivity index (χ2n) is 6.72. The first-order valence-corrected chi connectivity index (χ1v) is 9.76. The third kappa shape index (κ3) is 5.54. The molecule has 2 aromatic carbocycles. The summed E-state index contributed by atoms with van der Waals surface area (Å²) in [6, 6.07) is 15.1. The van der Waals surface area contributed by atoms with Gasteiger partial charge in [-0.1, -0.05) is 29.8 Å². The minimum atomic E-state index is -0.144. The van der Waals surface area contributed by atoms with Crippen LogP contribution in [0.1, 0.15) is 19.3 Å². The number of halogens is 1. The predicted octanol–water partition coefficient (Wildman–Crippen LogP) is 4.87. The van der Waals surface area contributed by atoms with Gasteiger partial charge in [-0.05, 0) is 49.6 Å². The van der Waals surface area contributed by atoms with Gasteiger partial charge in [0.2, 0.25) is 0 Å². The van der Waals surface area contributed by atoms with Crippen molar-refractivity contribution in [3.05, 3.63) is 53.6 Å². The molecule has 0 spiro atoms. The van der Waals surface area contributed by atoms with Crippen molar-refractivity contribution >= 4 is 29.0 Å². The van der Waals surface area contributed by atoms with E-state index in [9.17, 15) is 4.79 Å². The minimum Gasteiger partial charge on any atom is -0.492 e. The van der Waals surface area contributed by atoms with Crippen LogP contribution in [0.5, 0.6) is 5.75 Å². The van der Waals surface area contributed by atoms with E-state index in [4.69, 9.17) is 16.3 Å². The summed E-state index contributed by atoms with van der Waals surface area (Å²) in [5.74, 6) is 0.701. The number of ether oxygens (including phenoxy) is 1. The molecule has 1 fully saturated rings. The topological polar surface area (TPSA) is 44.8 Å². The van der Waals surface area contributed by atoms with Crippen molar-refractivity contribution in [2.45, 2.75) is 19.3 Å². The Morgan fingerprint density at radius 3 is 2.70 bits per heavy atom. The average molecular weight is 388 g/mol. The lowest BCUT2D eigenvalue weighted by Crippen LogP contribution is -2.35. The fourth-order valence-electron chi connectivity index (χ4n) is 3.16. The fraction of sp³-hybridized carbons (Fsp3) is 0.381. The number of likely N-dealkylation sites (N-methyl/N-ethyl adjacent to an activating group) is 1. The Bertz CT molecular complexity index is 763. The van der Waals surface area contributed by atoms with E-state index in [2.05, 4.69) is 16.3 Å². The standard InChI is InChI=1S/C21H26ClN3O2/c1-24(14-15-27-18-9-7-8-17(22)16-18)21(26)23-19-10-3-4-11-20(19)25-12-5-2-6-13-25/h3-4,7-11,16H,2,5-6,12-15H2,1H3,(H,23,26). The Kier molecular flexibility index (Phi) is 6.82. The summed E-state index contributed by atoms with van der Waals surface area (Å²) in [7, 11) is 1.76. The minimum absolute atomic E-state index is 0.144. The van der Waals surface area contributed by atoms with Gasteiger partial charge in [-0.25, -0.2) is 4.79 Å². The van der Waals surface area contributed by atoms with Crippen LogP contribution >= 0.6 is 11.6 Å². The van der Waals surface area contributed by atoms with Crippen molar-refractivity contribution in [3.8, 4) is 5.75 Å². The highest BCUT2D eigenvalue weighted by Crippen LogP contribution is 2.28. The molecule has 1 heterocycles. The molecule has 0 unspecified atom stereocenters. The van der Waals surface area contributed by atoms with Crippen molar-refractivity contribution in [1.29, 1.82) is 0 Å². The average Bonchev–Trinajstić information content (AvgIpc) is 2.69. The number of nitrogens with one attached hydrogen (secondary N) is 1. The second-order valence-corrected chi connectivity index (χ2v) is 7.16. The van der Waals surface area contributed by atoms with E-state index >= 15 is 0 Å². The van der Waals surface area contributed by atoms with Gasteiger partial charge in [0.1, 0.15) is 12.4 Å². The van der Waals surface area contributed by atoms with E-state index < -0.39 is 0 Å². The first kappa shape index (κ1) is 19.4. The molecule has 144 valence electrons. The van der Waals surface area contributed by atoms with Gasteiger partial charge < -0.3 is 19.9 Å². The summed E-state index contributed by atoms with van der Waals surface area (Å²) in [5.41, 5.74) is 1.95. The lowest BCUT2D eigenvalue weighted by atomic mass is 10.1. The summed E-state index contributed by atoms with van der Waals surface area (Å²) in [4.78, 5) is 16.5. The summed E-state index contributed by atoms with van der Waals surface area (Å²) >= 11 is 5.95. The number of amides is 2. The van der Waals surface area contributed by atoms with E-state index in [1.165, 1.54) is 19.3 Å². The molecule has 1 N–H and O–H groups in total. The van der Waals surface area contributed by atoms with Crippen molar-refractivity contribution in [3.63, 3.8) is 0 Å². The van der Waals surface area contributed by atoms with Crippen molar-refractivity contribution < 1.29 is 9.53 Å². The van der Waals surface area contributed by atoms with Crippen molar-refractivity contribution in [1.82, 2.24) is 4.90 Å². The van der Waals surface area contributed by atoms with Crippen LogP contribution in [0.15, 0.2) is 48.5 Å². The van der Waals surface area contributed by atoms with E-state index in [0.29, 0.717) is 23.9 Å². The molecule has 5 nitrogen and oxygen atoms in total. The van der Waals surface area contributed by atoms with Crippen molar-refractivity contribution in [2.75, 3.05) is 43.5 Å². The number of rotatable bonds is 6. The maximum absolute atomic E-state index is 12.6. The molecule has 0 atom stereocenters. The molecule has 2 amide bonds. The first-order valence-electron chi connectivity index (χ1n) is 9.38. The molecule has 0 radical (unpaired) electrons. The first-order chi connectivity index (χ1) is 13.1. The lowest BCUT2D eigenvalue weighted by molar-refractivity contribution is 0.207. The Morgan fingerprint density at radius 1 is 1.15 bits per heavy atom. The highest BCUT2D eigenvalue weighted by atomic mass is 35.5. The molecular formula is C21H26ClN3O2. The maximum Gasteiger partial charge on any atom is 0.321 e. The number of hydrogen-bond acceptors (Lipinski definition) is 3. The van der Waals surface area contributed by atoms with Gasteiger partial charge in [-0.2, -0.15) is 0 Å². The summed E-state index contributed by atoms with van der Waals surface area (Å²) in [5, 5.41) is 3.67. The number of anilines is 2. The van der Waals surface area contributed by atoms with Crippen LogP contribution in [-0.2, 0) is 0 Å². The Balaban J connectivity index is 1.53. The van der Waals surface area contributed by atoms with E-state index in [0.717, 1.165) is 24.5 Å². The van der Waals surface area contributed by atoms with Gasteiger partial charge in [0, 0.05) is 25.2 Å². The zero-order valence-corrected chi connectivity index (χ0v) is 16.4. The van der Waals surface area contributed by atoms with Gasteiger partial charge in [-0.3, -0.25) is 0 Å². The molecular weight excluding hydrogens is 362 g/mol. The smallest absolute Gasteiger partial charge is 0.321 e. The number of urea groups is 1. The molecule has 27 heavy (non-hydrogen) atoms. The van der Waals surface area contributed by atoms with Crippen LogP contribution in [0.25, 0.3) is 0 Å². The molecule has 3 rings (SSSR count). The Morgan fingerprint density at radius 2 is 1.93 bits per heavy atom. The monoisotopic (exact) mass is 387 g/mol. The number of para-hydroxylation sites is 2. The number of piperidine rings is 1. The summed E-state index contributed by atoms with van der Waals surface area (Å²) in [6.07, 6.45) is 3.67. The van der Waals surface area contributed by atoms with Crippen LogP contribution < -0.4 is 15.0 Å². The van der Waals surface area contributed by atoms with Crippen LogP contribution in [0.3, 0.4) is 0 Å². The highest BCUT2D eigenvalue weighted by Gasteiger charge is 2.16. The maximum atomic E-state index is 12.6. The predicted molar refractivity (Wildman–Crippen MR) is 111 cm³/mol. The molecule has 2 aromatic rings. The van der Waals surface area contributed by atoms with Gasteiger partial charge in [0.05, 0.1) is 17.9 Å². The molecule has 0 bridgehead atoms. The molecule has 0 aromatic heterocycles. The Hall–Kier alpha value is -2.40. The highest BCUT2D eigenvalue weighted by molar-refractivity contribution is 6.30. The zero-order chi connectivity index (χ0) is 19.1. The fourth-order valence-corrected chi connectivity index (χ4v) is 3.34. The van der Waals surface area contributed by atoms with Gasteiger partial charge >= 0.3 is 6.03 Å². The number of benzene rings is 2. The third-order valence-electron chi connectivity index (χ3n) is 4.68. The van der Waals surface area contributed by atoms with E-state index in [1.807, 2.05) is 30.3 Å². The largest absolute Gasteiger partial charge is 0.492 e. The SMILES string of the molecule is CN(CCOc1cccc(Cl)c1)C(=O)Nc1ccccc1N1CCCCC1. The van der Waals surface area contributed by atoms with E-state index in [-0.39, 0.29) is 6.03 Å². The molecule has 0 aliphatic carbocycles. The van der Waals surface area contributed by atoms with Gasteiger partial charge in [0.25, 0.3) is 0 Å². The summed E-state index contributed by atoms with van der Waals surface area (Å²) < 4.78 is 5.66. The number of nitrogens with zero attached hydrogens (tertiary/aromatic N) is 2. The molecule has 6 heteroatoms. The molecule has 0 saturated carbocycles. The third-order valence-corrected chi connectivity index (χ3v) is 4.92. The molecule has 1 saturated heterocycles. The normalized spacial score (nSPS) is 13.9. The summed E-state index contributed by atoms with van der Waals surface area (Å²) in [6.45, 7) is 2.95. The van der Waals surface area contributed by atoms with E-state index in [1.54, 1.807) is 24.1 Å². The lowest BCUT2D eigenvalue weighted by Gasteiger charge is -2.31. The van der Waals surface area contributed by atoms with Gasteiger partial charge in [-0.15, -0.1) is 0 Å². The number of carbonyl (C=O) groups excluding carboxylic acids is 1. The molecule has 1 aliphatic rings. The van der Waals surface area contributed by atoms with Crippen LogP contribution in [0, 0.1) is 0 Å². The zero-order valence-electron chi connectivity index (χ0n) is 15.7. The van der Waals surface area contributed by atoms with Crippen LogP contribution in [0.4, 0.5) is 16.2 Å². The number of carbonyl (C=O) groups is 1.